The van der Waals surface area contributed by atoms with E-state index in [0.717, 1.165) is 21.5 Å². The lowest BCUT2D eigenvalue weighted by Gasteiger charge is -2.24. The molecule has 0 saturated carbocycles. The van der Waals surface area contributed by atoms with Gasteiger partial charge in [-0.25, -0.2) is 22.9 Å². The molecule has 22 nitrogen and oxygen atoms in total. The molecule has 2 saturated heterocycles. The van der Waals surface area contributed by atoms with E-state index in [4.69, 9.17) is 32.9 Å². The Morgan fingerprint density at radius 1 is 0.769 bits per heavy atom. The molecule has 366 valence electrons. The van der Waals surface area contributed by atoms with Crippen molar-refractivity contribution in [2.45, 2.75) is 112 Å². The Morgan fingerprint density at radius 2 is 1.22 bits per heavy atom. The van der Waals surface area contributed by atoms with Gasteiger partial charge in [-0.05, 0) is 39.8 Å². The van der Waals surface area contributed by atoms with Crippen LogP contribution in [0.4, 0.5) is 8.78 Å². The number of carbonyl (C=O) groups is 2. The number of esters is 1. The van der Waals surface area contributed by atoms with Gasteiger partial charge in [0.05, 0.1) is 43.5 Å². The van der Waals surface area contributed by atoms with Crippen molar-refractivity contribution >= 4 is 27.1 Å². The Morgan fingerprint density at radius 3 is 1.65 bits per heavy atom. The Kier molecular flexibility index (Phi) is 20.6. The predicted octanol–water partition coefficient (Wildman–Crippen LogP) is 2.95. The van der Waals surface area contributed by atoms with Crippen molar-refractivity contribution < 1.29 is 75.5 Å². The number of aliphatic carboxylic acids is 1. The number of nitrogens with zero attached hydrogens (tertiary/aromatic N) is 2. The molecule has 2 aliphatic heterocycles. The molecular formula is C39H58F2N4O18P2. The van der Waals surface area contributed by atoms with Gasteiger partial charge in [-0.15, -0.1) is 0 Å². The molecule has 0 aliphatic carbocycles. The number of halogens is 2. The molecule has 0 bridgehead atoms. The number of para-hydroxylation sites is 1. The summed E-state index contributed by atoms with van der Waals surface area (Å²) in [5.74, 6) is -3.68. The fourth-order valence-corrected chi connectivity index (χ4v) is 9.25. The summed E-state index contributed by atoms with van der Waals surface area (Å²) in [5, 5.41) is 29.1. The number of aliphatic hydroxyl groups is 2. The first-order valence-corrected chi connectivity index (χ1v) is 22.8. The molecule has 3 aromatic rings. The van der Waals surface area contributed by atoms with Crippen LogP contribution in [0, 0.1) is 25.7 Å². The number of hydrogen-bond acceptors (Lipinski definition) is 16. The number of carboxylic acids is 1. The van der Waals surface area contributed by atoms with Gasteiger partial charge in [0.1, 0.15) is 30.2 Å². The molecule has 2 fully saturated rings. The van der Waals surface area contributed by atoms with Crippen LogP contribution in [0.1, 0.15) is 66.1 Å². The molecule has 0 spiro atoms. The maximum Gasteiger partial charge on any atom is 0.380 e. The second-order valence-corrected chi connectivity index (χ2v) is 19.1. The number of aliphatic hydroxyl groups excluding tert-OH is 2. The first-order chi connectivity index (χ1) is 29.3. The number of carbonyl (C=O) groups excluding carboxylic acids is 1. The monoisotopic (exact) mass is 970 g/mol. The lowest BCUT2D eigenvalue weighted by Crippen LogP contribution is -2.36. The number of benzene rings is 1. The van der Waals surface area contributed by atoms with Crippen molar-refractivity contribution in [3.05, 3.63) is 95.5 Å². The van der Waals surface area contributed by atoms with Crippen LogP contribution in [0.3, 0.4) is 0 Å². The topological polar surface area (TPSA) is 314 Å². The molecule has 5 rings (SSSR count). The molecule has 2 aromatic heterocycles. The van der Waals surface area contributed by atoms with Crippen LogP contribution in [0.5, 0.6) is 5.75 Å². The Bertz CT molecular complexity index is 2410. The summed E-state index contributed by atoms with van der Waals surface area (Å²) in [6, 6.07) is 8.13. The van der Waals surface area contributed by atoms with Crippen molar-refractivity contribution in [3.63, 3.8) is 0 Å². The van der Waals surface area contributed by atoms with Crippen LogP contribution in [0.2, 0.25) is 0 Å². The van der Waals surface area contributed by atoms with E-state index in [-0.39, 0.29) is 44.0 Å². The number of ether oxygens (including phenoxy) is 3. The van der Waals surface area contributed by atoms with E-state index in [9.17, 15) is 61.8 Å². The highest BCUT2D eigenvalue weighted by Crippen LogP contribution is 2.51. The smallest absolute Gasteiger partial charge is 0.380 e. The van der Waals surface area contributed by atoms with E-state index in [2.05, 4.69) is 0 Å². The number of aryl methyl sites for hydroxylation is 2. The van der Waals surface area contributed by atoms with Crippen LogP contribution in [0.15, 0.2) is 61.9 Å². The zero-order valence-electron chi connectivity index (χ0n) is 34.8. The van der Waals surface area contributed by atoms with E-state index in [1.165, 1.54) is 27.7 Å². The molecule has 4 unspecified atom stereocenters. The molecule has 6 N–H and O–H groups in total. The maximum atomic E-state index is 14.9. The van der Waals surface area contributed by atoms with Gasteiger partial charge in [0.15, 0.2) is 24.8 Å². The minimum atomic E-state index is -4.33. The van der Waals surface area contributed by atoms with Gasteiger partial charge in [0.2, 0.25) is 0 Å². The van der Waals surface area contributed by atoms with Crippen molar-refractivity contribution in [3.8, 4) is 5.75 Å². The second kappa shape index (κ2) is 23.7. The van der Waals surface area contributed by atoms with E-state index < -0.39 is 130 Å². The van der Waals surface area contributed by atoms with Crippen LogP contribution >= 0.6 is 15.2 Å². The van der Waals surface area contributed by atoms with Crippen molar-refractivity contribution in [1.82, 2.24) is 19.1 Å². The standard InChI is InChI=1S/C23H30FN2O9P.C14H20FN2O9P.2CH4/c1-13(2)33-22(29)15(4)12-36(31,35-16-8-6-5-7-9-16)32-11-17-19(27)18(24)21(34-17)26-10-14(3)20(28)25-23(26)30;1-6-3-17(14(22)16-11(6)19)12-9(15)10(18)8(26-12)4-25-27(23,24)5-7(2)13(20)21;;/h5-10,13,15,17-19,21,27H,11-12H2,1-4H3,(H,25,28,30);3,7-10,12,18H,4-5H2,1-2H3,(H,20,21)(H,23,24)(H,16,19,22);2*1H4/t15-,17+,18-,19?,21+,36?;7-,8+,9-,10?,12+;;/m11../s1. The van der Waals surface area contributed by atoms with Crippen molar-refractivity contribution in [2.24, 2.45) is 11.8 Å². The van der Waals surface area contributed by atoms with E-state index in [1.54, 1.807) is 44.2 Å². The van der Waals surface area contributed by atoms with Crippen molar-refractivity contribution in [2.75, 3.05) is 25.5 Å². The average molecular weight is 971 g/mol. The van der Waals surface area contributed by atoms with Crippen molar-refractivity contribution in [1.29, 1.82) is 0 Å². The van der Waals surface area contributed by atoms with Gasteiger partial charge in [0.25, 0.3) is 11.1 Å². The summed E-state index contributed by atoms with van der Waals surface area (Å²) < 4.78 is 88.2. The van der Waals surface area contributed by atoms with Crippen LogP contribution in [0.25, 0.3) is 0 Å². The summed E-state index contributed by atoms with van der Waals surface area (Å²) in [5.41, 5.74) is -2.89. The fourth-order valence-electron chi connectivity index (χ4n) is 6.05. The number of nitrogens with one attached hydrogen (secondary N) is 2. The highest BCUT2D eigenvalue weighted by atomic mass is 31.2. The molecule has 65 heavy (non-hydrogen) atoms. The molecule has 0 radical (unpaired) electrons. The quantitative estimate of drug-likeness (QED) is 0.0837. The molecule has 1 aromatic carbocycles. The third-order valence-electron chi connectivity index (χ3n) is 9.47. The lowest BCUT2D eigenvalue weighted by molar-refractivity contribution is -0.151. The SMILES string of the molecule is C.C.Cc1cn([C@H]2O[C@@H](COP(=O)(C[C@@H](C)C(=O)OC(C)C)Oc3ccccc3)C(O)[C@H]2F)c(=O)[nH]c1=O.Cc1cn([C@H]2O[C@@H](COP(=O)(O)C[C@@H](C)C(=O)O)C(O)[C@H]2F)c(=O)[nH]c1=O. The first kappa shape index (κ1) is 56.5. The Hall–Kier alpha value is -4.64. The summed E-state index contributed by atoms with van der Waals surface area (Å²) in [7, 11) is -8.37. The van der Waals surface area contributed by atoms with Gasteiger partial charge in [-0.1, -0.05) is 46.9 Å². The number of rotatable bonds is 17. The Labute approximate surface area is 371 Å². The number of H-pyrrole nitrogens is 2. The number of aromatic amines is 2. The van der Waals surface area contributed by atoms with E-state index in [1.807, 2.05) is 9.97 Å². The predicted molar refractivity (Wildman–Crippen MR) is 229 cm³/mol. The molecular weight excluding hydrogens is 912 g/mol. The minimum absolute atomic E-state index is 0. The number of aromatic nitrogens is 4. The fraction of sp³-hybridized carbons (Fsp3) is 0.590. The normalized spacial score (nSPS) is 25.4. The summed E-state index contributed by atoms with van der Waals surface area (Å²) in [4.78, 5) is 83.8. The number of carboxylic acid groups (broad SMARTS) is 1. The maximum absolute atomic E-state index is 14.9. The molecule has 12 atom stereocenters. The number of hydrogen-bond donors (Lipinski definition) is 6. The first-order valence-electron chi connectivity index (χ1n) is 19.3. The number of alkyl halides is 2. The summed E-state index contributed by atoms with van der Waals surface area (Å²) in [6.45, 7) is 7.64. The van der Waals surface area contributed by atoms with Gasteiger partial charge in [-0.3, -0.25) is 47.4 Å². The third-order valence-corrected chi connectivity index (χ3v) is 13.1. The largest absolute Gasteiger partial charge is 0.481 e. The second-order valence-electron chi connectivity index (χ2n) is 15.2. The molecule has 26 heteroatoms. The average Bonchev–Trinajstić information content (AvgIpc) is 3.64. The zero-order chi connectivity index (χ0) is 47.1. The highest BCUT2D eigenvalue weighted by molar-refractivity contribution is 7.54. The van der Waals surface area contributed by atoms with Gasteiger partial charge >= 0.3 is 38.5 Å². The molecule has 4 heterocycles. The van der Waals surface area contributed by atoms with Gasteiger partial charge < -0.3 is 43.5 Å². The third kappa shape index (κ3) is 14.9. The minimum Gasteiger partial charge on any atom is -0.481 e. The van der Waals surface area contributed by atoms with Crippen LogP contribution < -0.4 is 27.0 Å². The molecule has 2 aliphatic rings. The summed E-state index contributed by atoms with van der Waals surface area (Å²) >= 11 is 0. The highest BCUT2D eigenvalue weighted by Gasteiger charge is 2.48. The Balaban J connectivity index is 0.000000450. The zero-order valence-corrected chi connectivity index (χ0v) is 36.6. The summed E-state index contributed by atoms with van der Waals surface area (Å²) in [6.07, 6.45) is -12.7. The van der Waals surface area contributed by atoms with E-state index >= 15 is 0 Å². The van der Waals surface area contributed by atoms with Gasteiger partial charge in [-0.2, -0.15) is 0 Å². The van der Waals surface area contributed by atoms with Gasteiger partial charge in [0, 0.05) is 23.5 Å². The molecule has 0 amide bonds. The van der Waals surface area contributed by atoms with E-state index in [0.29, 0.717) is 0 Å². The lowest BCUT2D eigenvalue weighted by atomic mass is 10.1. The van der Waals surface area contributed by atoms with Crippen LogP contribution in [-0.4, -0.2) is 120 Å². The van der Waals surface area contributed by atoms with Crippen LogP contribution in [-0.2, 0) is 42.0 Å².